The minimum Gasteiger partial charge on any atom is -0.497 e. The van der Waals surface area contributed by atoms with Gasteiger partial charge in [-0.1, -0.05) is 73.9 Å². The van der Waals surface area contributed by atoms with Crippen molar-refractivity contribution in [3.05, 3.63) is 114 Å². The molecule has 1 aromatic heterocycles. The van der Waals surface area contributed by atoms with Crippen LogP contribution in [0, 0.1) is 5.92 Å². The van der Waals surface area contributed by atoms with Crippen molar-refractivity contribution in [2.45, 2.75) is 83.0 Å². The van der Waals surface area contributed by atoms with E-state index >= 15 is 0 Å². The van der Waals surface area contributed by atoms with Crippen LogP contribution in [-0.4, -0.2) is 48.0 Å². The number of sulfonamides is 1. The summed E-state index contributed by atoms with van der Waals surface area (Å²) in [5, 5.41) is 0. The number of ether oxygens (including phenoxy) is 2. The van der Waals surface area contributed by atoms with Gasteiger partial charge in [0.05, 0.1) is 12.0 Å². The fraction of sp³-hybridized carbons (Fsp3) is 0.385. The molecule has 3 aromatic carbocycles. The van der Waals surface area contributed by atoms with Gasteiger partial charge >= 0.3 is 6.09 Å². The van der Waals surface area contributed by atoms with Gasteiger partial charge in [-0.25, -0.2) is 13.2 Å². The molecular weight excluding hydrogens is 623 g/mol. The molecule has 1 heterocycles. The molecular formula is C39H47N3O5S. The number of methoxy groups -OCH3 is 1. The molecule has 1 saturated carbocycles. The van der Waals surface area contributed by atoms with Gasteiger partial charge < -0.3 is 14.4 Å². The number of hydrogen-bond donors (Lipinski definition) is 0. The summed E-state index contributed by atoms with van der Waals surface area (Å²) in [6.45, 7) is 7.31. The summed E-state index contributed by atoms with van der Waals surface area (Å²) in [6, 6.07) is 26.4. The lowest BCUT2D eigenvalue weighted by molar-refractivity contribution is 0.0190. The molecule has 0 bridgehead atoms. The Hall–Kier alpha value is -4.21. The number of pyridine rings is 1. The molecule has 5 rings (SSSR count). The monoisotopic (exact) mass is 669 g/mol. The lowest BCUT2D eigenvalue weighted by Crippen LogP contribution is -2.39. The second kappa shape index (κ2) is 15.8. The van der Waals surface area contributed by atoms with Crippen molar-refractivity contribution >= 4 is 16.1 Å². The van der Waals surface area contributed by atoms with Crippen LogP contribution in [0.1, 0.15) is 69.6 Å². The van der Waals surface area contributed by atoms with E-state index in [4.69, 9.17) is 9.47 Å². The zero-order valence-corrected chi connectivity index (χ0v) is 29.3. The fourth-order valence-electron chi connectivity index (χ4n) is 6.06. The van der Waals surface area contributed by atoms with Gasteiger partial charge in [-0.05, 0) is 97.7 Å². The van der Waals surface area contributed by atoms with Crippen LogP contribution in [0.3, 0.4) is 0 Å². The quantitative estimate of drug-likeness (QED) is 0.150. The van der Waals surface area contributed by atoms with Crippen LogP contribution in [0.4, 0.5) is 4.79 Å². The summed E-state index contributed by atoms with van der Waals surface area (Å²) in [4.78, 5) is 19.4. The molecule has 1 aliphatic rings. The average Bonchev–Trinajstić information content (AvgIpc) is 3.08. The molecule has 1 amide bonds. The summed E-state index contributed by atoms with van der Waals surface area (Å²) >= 11 is 0. The predicted molar refractivity (Wildman–Crippen MR) is 189 cm³/mol. The lowest BCUT2D eigenvalue weighted by Gasteiger charge is -2.32. The van der Waals surface area contributed by atoms with Gasteiger partial charge in [0.15, 0.2) is 0 Å². The molecule has 0 spiro atoms. The Labute approximate surface area is 285 Å². The van der Waals surface area contributed by atoms with Crippen molar-refractivity contribution in [1.82, 2.24) is 14.2 Å². The van der Waals surface area contributed by atoms with Crippen molar-refractivity contribution in [2.24, 2.45) is 5.92 Å². The van der Waals surface area contributed by atoms with Crippen molar-refractivity contribution in [3.8, 4) is 16.9 Å². The number of amides is 1. The number of carbonyl (C=O) groups excluding carboxylic acids is 1. The first-order chi connectivity index (χ1) is 23.0. The third-order valence-electron chi connectivity index (χ3n) is 8.61. The molecule has 0 aliphatic heterocycles. The lowest BCUT2D eigenvalue weighted by atomic mass is 9.89. The van der Waals surface area contributed by atoms with E-state index < -0.39 is 15.6 Å². The number of benzene rings is 3. The second-order valence-corrected chi connectivity index (χ2v) is 15.5. The summed E-state index contributed by atoms with van der Waals surface area (Å²) in [7, 11) is -2.26. The molecule has 48 heavy (non-hydrogen) atoms. The molecule has 9 heteroatoms. The van der Waals surface area contributed by atoms with E-state index in [1.807, 2.05) is 56.0 Å². The smallest absolute Gasteiger partial charge is 0.410 e. The maximum absolute atomic E-state index is 13.8. The van der Waals surface area contributed by atoms with Crippen LogP contribution < -0.4 is 4.74 Å². The standard InChI is InChI=1S/C39H47N3O5S/c1-39(2,3)47-38(43)41(26-30-9-6-5-7-10-30)27-31-12-16-34(17-13-31)35-18-14-32(15-19-35)28-42(29-33-11-8-24-40-25-33)48(44,45)37-22-20-36(46-4)21-23-37/h8,11-25,30H,5-7,9-10,26-29H2,1-4H3. The maximum atomic E-state index is 13.8. The topological polar surface area (TPSA) is 89.0 Å². The number of rotatable bonds is 12. The zero-order valence-electron chi connectivity index (χ0n) is 28.5. The van der Waals surface area contributed by atoms with Crippen LogP contribution >= 0.6 is 0 Å². The summed E-state index contributed by atoms with van der Waals surface area (Å²) in [6.07, 6.45) is 9.13. The largest absolute Gasteiger partial charge is 0.497 e. The number of aromatic nitrogens is 1. The summed E-state index contributed by atoms with van der Waals surface area (Å²) in [5.41, 5.74) is 4.23. The van der Waals surface area contributed by atoms with Crippen LogP contribution in [0.15, 0.2) is 102 Å². The van der Waals surface area contributed by atoms with Crippen molar-refractivity contribution < 1.29 is 22.7 Å². The van der Waals surface area contributed by atoms with E-state index in [0.29, 0.717) is 24.8 Å². The van der Waals surface area contributed by atoms with Gasteiger partial charge in [0.25, 0.3) is 0 Å². The Kier molecular flexibility index (Phi) is 11.5. The van der Waals surface area contributed by atoms with E-state index in [1.54, 1.807) is 49.8 Å². The Bertz CT molecular complexity index is 1710. The number of carbonyl (C=O) groups is 1. The molecule has 0 N–H and O–H groups in total. The van der Waals surface area contributed by atoms with E-state index in [9.17, 15) is 13.2 Å². The van der Waals surface area contributed by atoms with Gasteiger partial charge in [0.1, 0.15) is 11.4 Å². The SMILES string of the molecule is COc1ccc(S(=O)(=O)N(Cc2ccc(-c3ccc(CN(CC4CCCCC4)C(=O)OC(C)(C)C)cc3)cc2)Cc2cccnc2)cc1. The van der Waals surface area contributed by atoms with E-state index in [1.165, 1.54) is 23.6 Å². The van der Waals surface area contributed by atoms with Crippen LogP contribution in [0.2, 0.25) is 0 Å². The van der Waals surface area contributed by atoms with E-state index in [0.717, 1.165) is 40.7 Å². The second-order valence-electron chi connectivity index (χ2n) is 13.6. The molecule has 4 aromatic rings. The minimum absolute atomic E-state index is 0.187. The van der Waals surface area contributed by atoms with E-state index in [2.05, 4.69) is 29.2 Å². The Morgan fingerprint density at radius 3 is 1.92 bits per heavy atom. The molecule has 0 atom stereocenters. The molecule has 0 radical (unpaired) electrons. The first kappa shape index (κ1) is 35.1. The number of nitrogens with zero attached hydrogens (tertiary/aromatic N) is 3. The van der Waals surface area contributed by atoms with Crippen molar-refractivity contribution in [1.29, 1.82) is 0 Å². The maximum Gasteiger partial charge on any atom is 0.410 e. The van der Waals surface area contributed by atoms with Crippen LogP contribution in [-0.2, 0) is 34.4 Å². The molecule has 8 nitrogen and oxygen atoms in total. The van der Waals surface area contributed by atoms with Crippen LogP contribution in [0.5, 0.6) is 5.75 Å². The number of hydrogen-bond acceptors (Lipinski definition) is 6. The van der Waals surface area contributed by atoms with Crippen molar-refractivity contribution in [2.75, 3.05) is 13.7 Å². The molecule has 254 valence electrons. The first-order valence-electron chi connectivity index (χ1n) is 16.7. The first-order valence-corrected chi connectivity index (χ1v) is 18.1. The Morgan fingerprint density at radius 2 is 1.38 bits per heavy atom. The van der Waals surface area contributed by atoms with Gasteiger partial charge in [-0.3, -0.25) is 4.98 Å². The van der Waals surface area contributed by atoms with Crippen LogP contribution in [0.25, 0.3) is 11.1 Å². The van der Waals surface area contributed by atoms with Gasteiger partial charge in [0.2, 0.25) is 10.0 Å². The minimum atomic E-state index is -3.81. The fourth-order valence-corrected chi connectivity index (χ4v) is 7.47. The summed E-state index contributed by atoms with van der Waals surface area (Å²) in [5.74, 6) is 1.10. The highest BCUT2D eigenvalue weighted by molar-refractivity contribution is 7.89. The van der Waals surface area contributed by atoms with Gasteiger partial charge in [-0.2, -0.15) is 4.31 Å². The molecule has 1 fully saturated rings. The average molecular weight is 670 g/mol. The molecule has 1 aliphatic carbocycles. The normalized spacial score (nSPS) is 14.1. The highest BCUT2D eigenvalue weighted by Gasteiger charge is 2.27. The highest BCUT2D eigenvalue weighted by Crippen LogP contribution is 2.28. The zero-order chi connectivity index (χ0) is 34.1. The Morgan fingerprint density at radius 1 is 0.792 bits per heavy atom. The third kappa shape index (κ3) is 9.67. The van der Waals surface area contributed by atoms with Gasteiger partial charge in [-0.15, -0.1) is 0 Å². The van der Waals surface area contributed by atoms with E-state index in [-0.39, 0.29) is 24.1 Å². The van der Waals surface area contributed by atoms with Gasteiger partial charge in [0, 0.05) is 38.6 Å². The molecule has 0 unspecified atom stereocenters. The summed E-state index contributed by atoms with van der Waals surface area (Å²) < 4.78 is 40.0. The molecule has 0 saturated heterocycles. The predicted octanol–water partition coefficient (Wildman–Crippen LogP) is 8.47. The highest BCUT2D eigenvalue weighted by atomic mass is 32.2. The third-order valence-corrected chi connectivity index (χ3v) is 10.4. The Balaban J connectivity index is 1.30. The van der Waals surface area contributed by atoms with Crippen molar-refractivity contribution in [3.63, 3.8) is 0 Å².